The predicted molar refractivity (Wildman–Crippen MR) is 80.7 cm³/mol. The molecule has 1 atom stereocenters. The lowest BCUT2D eigenvalue weighted by atomic mass is 10.1. The van der Waals surface area contributed by atoms with Gasteiger partial charge in [-0.3, -0.25) is 14.6 Å². The number of rotatable bonds is 4. The minimum atomic E-state index is -0.604. The summed E-state index contributed by atoms with van der Waals surface area (Å²) in [5.41, 5.74) is 1.21. The number of nitrogens with one attached hydrogen (secondary N) is 2. The average Bonchev–Trinajstić information content (AvgIpc) is 2.56. The van der Waals surface area contributed by atoms with Crippen LogP contribution in [-0.2, 0) is 4.79 Å². The molecule has 0 bridgehead atoms. The molecule has 2 heterocycles. The molecule has 3 rings (SSSR count). The molecule has 0 fully saturated rings. The maximum absolute atomic E-state index is 11.9. The monoisotopic (exact) mass is 297 g/mol. The van der Waals surface area contributed by atoms with Crippen LogP contribution < -0.4 is 15.4 Å². The van der Waals surface area contributed by atoms with Gasteiger partial charge in [0.2, 0.25) is 0 Å². The fourth-order valence-electron chi connectivity index (χ4n) is 2.20. The second-order valence-electron chi connectivity index (χ2n) is 4.87. The van der Waals surface area contributed by atoms with E-state index in [0.29, 0.717) is 30.0 Å². The number of para-hydroxylation sites is 2. The molecule has 2 N–H and O–H groups in total. The number of amides is 2. The van der Waals surface area contributed by atoms with Crippen molar-refractivity contribution in [3.05, 3.63) is 54.4 Å². The number of hydrogen-bond donors (Lipinski definition) is 2. The molecule has 1 aromatic heterocycles. The molecule has 1 aliphatic heterocycles. The summed E-state index contributed by atoms with van der Waals surface area (Å²) < 4.78 is 5.66. The third-order valence-corrected chi connectivity index (χ3v) is 3.34. The van der Waals surface area contributed by atoms with Crippen LogP contribution in [0.3, 0.4) is 0 Å². The molecule has 2 aromatic rings. The topological polar surface area (TPSA) is 80.3 Å². The van der Waals surface area contributed by atoms with Crippen molar-refractivity contribution in [2.24, 2.45) is 0 Å². The number of nitrogens with zero attached hydrogens (tertiary/aromatic N) is 1. The van der Waals surface area contributed by atoms with E-state index in [1.807, 2.05) is 12.1 Å². The molecular weight excluding hydrogens is 282 g/mol. The van der Waals surface area contributed by atoms with Crippen LogP contribution in [0, 0.1) is 0 Å². The zero-order chi connectivity index (χ0) is 15.4. The summed E-state index contributed by atoms with van der Waals surface area (Å²) in [4.78, 5) is 27.7. The van der Waals surface area contributed by atoms with Crippen LogP contribution >= 0.6 is 0 Å². The zero-order valence-electron chi connectivity index (χ0n) is 11.8. The van der Waals surface area contributed by atoms with Gasteiger partial charge < -0.3 is 15.4 Å². The van der Waals surface area contributed by atoms with Gasteiger partial charge in [-0.15, -0.1) is 0 Å². The van der Waals surface area contributed by atoms with Crippen molar-refractivity contribution in [2.75, 3.05) is 11.9 Å². The van der Waals surface area contributed by atoms with E-state index in [2.05, 4.69) is 15.6 Å². The van der Waals surface area contributed by atoms with E-state index in [1.54, 1.807) is 36.7 Å². The van der Waals surface area contributed by atoms with Crippen LogP contribution in [0.5, 0.6) is 5.75 Å². The Kier molecular flexibility index (Phi) is 4.00. The Morgan fingerprint density at radius 1 is 1.23 bits per heavy atom. The van der Waals surface area contributed by atoms with Crippen molar-refractivity contribution >= 4 is 17.5 Å². The van der Waals surface area contributed by atoms with Gasteiger partial charge in [0.1, 0.15) is 5.75 Å². The summed E-state index contributed by atoms with van der Waals surface area (Å²) in [6, 6.07) is 10.5. The first kappa shape index (κ1) is 14.1. The number of anilines is 1. The van der Waals surface area contributed by atoms with Crippen molar-refractivity contribution in [2.45, 2.75) is 12.5 Å². The Bertz CT molecular complexity index is 688. The third kappa shape index (κ3) is 3.06. The first-order valence-corrected chi connectivity index (χ1v) is 6.99. The fraction of sp³-hybridized carbons (Fsp3) is 0.188. The lowest BCUT2D eigenvalue weighted by Gasteiger charge is -2.25. The molecule has 0 aliphatic carbocycles. The van der Waals surface area contributed by atoms with E-state index in [1.165, 1.54) is 0 Å². The SMILES string of the molecule is O=C(NCCC1Oc2ccccc2NC1=O)c1ccncc1. The molecule has 6 nitrogen and oxygen atoms in total. The highest BCUT2D eigenvalue weighted by molar-refractivity contribution is 5.98. The van der Waals surface area contributed by atoms with Crippen LogP contribution in [0.4, 0.5) is 5.69 Å². The average molecular weight is 297 g/mol. The number of carbonyl (C=O) groups excluding carboxylic acids is 2. The van der Waals surface area contributed by atoms with E-state index < -0.39 is 6.10 Å². The predicted octanol–water partition coefficient (Wildman–Crippen LogP) is 1.60. The minimum Gasteiger partial charge on any atom is -0.478 e. The second kappa shape index (κ2) is 6.26. The minimum absolute atomic E-state index is 0.195. The van der Waals surface area contributed by atoms with E-state index in [-0.39, 0.29) is 11.8 Å². The van der Waals surface area contributed by atoms with Gasteiger partial charge in [-0.2, -0.15) is 0 Å². The highest BCUT2D eigenvalue weighted by Crippen LogP contribution is 2.29. The van der Waals surface area contributed by atoms with Gasteiger partial charge in [0.15, 0.2) is 6.10 Å². The van der Waals surface area contributed by atoms with Gasteiger partial charge >= 0.3 is 0 Å². The standard InChI is InChI=1S/C16H15N3O3/c20-15(11-5-8-17-9-6-11)18-10-7-14-16(21)19-12-3-1-2-4-13(12)22-14/h1-6,8-9,14H,7,10H2,(H,18,20)(H,19,21). The van der Waals surface area contributed by atoms with E-state index >= 15 is 0 Å². The van der Waals surface area contributed by atoms with Crippen molar-refractivity contribution in [1.82, 2.24) is 10.3 Å². The number of aromatic nitrogens is 1. The largest absolute Gasteiger partial charge is 0.478 e. The van der Waals surface area contributed by atoms with Gasteiger partial charge in [-0.05, 0) is 24.3 Å². The molecule has 6 heteroatoms. The summed E-state index contributed by atoms with van der Waals surface area (Å²) >= 11 is 0. The number of pyridine rings is 1. The van der Waals surface area contributed by atoms with Crippen molar-refractivity contribution in [1.29, 1.82) is 0 Å². The lowest BCUT2D eigenvalue weighted by Crippen LogP contribution is -2.39. The Labute approximate surface area is 127 Å². The maximum atomic E-state index is 11.9. The fourth-order valence-corrected chi connectivity index (χ4v) is 2.20. The van der Waals surface area contributed by atoms with E-state index in [4.69, 9.17) is 4.74 Å². The van der Waals surface area contributed by atoms with Crippen molar-refractivity contribution in [3.8, 4) is 5.75 Å². The molecule has 0 spiro atoms. The first-order valence-electron chi connectivity index (χ1n) is 6.99. The molecule has 1 aliphatic rings. The number of hydrogen-bond acceptors (Lipinski definition) is 4. The van der Waals surface area contributed by atoms with Crippen molar-refractivity contribution in [3.63, 3.8) is 0 Å². The Morgan fingerprint density at radius 3 is 2.82 bits per heavy atom. The molecule has 0 saturated heterocycles. The van der Waals surface area contributed by atoms with Crippen LogP contribution in [0.2, 0.25) is 0 Å². The van der Waals surface area contributed by atoms with E-state index in [0.717, 1.165) is 0 Å². The molecule has 0 radical (unpaired) electrons. The molecule has 1 unspecified atom stereocenters. The lowest BCUT2D eigenvalue weighted by molar-refractivity contribution is -0.123. The van der Waals surface area contributed by atoms with Gasteiger partial charge in [0.05, 0.1) is 5.69 Å². The molecular formula is C16H15N3O3. The summed E-state index contributed by atoms with van der Waals surface area (Å²) in [6.45, 7) is 0.349. The van der Waals surface area contributed by atoms with Crippen LogP contribution in [0.25, 0.3) is 0 Å². The maximum Gasteiger partial charge on any atom is 0.265 e. The first-order chi connectivity index (χ1) is 10.7. The Hall–Kier alpha value is -2.89. The second-order valence-corrected chi connectivity index (χ2v) is 4.87. The van der Waals surface area contributed by atoms with Crippen molar-refractivity contribution < 1.29 is 14.3 Å². The number of fused-ring (bicyclic) bond motifs is 1. The molecule has 22 heavy (non-hydrogen) atoms. The molecule has 112 valence electrons. The summed E-state index contributed by atoms with van der Waals surface area (Å²) in [5, 5.41) is 5.56. The van der Waals surface area contributed by atoms with E-state index in [9.17, 15) is 9.59 Å². The third-order valence-electron chi connectivity index (χ3n) is 3.34. The number of ether oxygens (including phenoxy) is 1. The highest BCUT2D eigenvalue weighted by Gasteiger charge is 2.26. The Balaban J connectivity index is 1.54. The normalized spacial score (nSPS) is 16.2. The summed E-state index contributed by atoms with van der Waals surface area (Å²) in [6.07, 6.45) is 2.91. The molecule has 0 saturated carbocycles. The summed E-state index contributed by atoms with van der Waals surface area (Å²) in [7, 11) is 0. The van der Waals surface area contributed by atoms with Crippen LogP contribution in [-0.4, -0.2) is 29.4 Å². The highest BCUT2D eigenvalue weighted by atomic mass is 16.5. The Morgan fingerprint density at radius 2 is 2.00 bits per heavy atom. The van der Waals surface area contributed by atoms with Gasteiger partial charge in [0.25, 0.3) is 11.8 Å². The van der Waals surface area contributed by atoms with Gasteiger partial charge in [-0.25, -0.2) is 0 Å². The number of carbonyl (C=O) groups is 2. The quantitative estimate of drug-likeness (QED) is 0.898. The molecule has 1 aromatic carbocycles. The summed E-state index contributed by atoms with van der Waals surface area (Å²) in [5.74, 6) is 0.253. The zero-order valence-corrected chi connectivity index (χ0v) is 11.8. The number of benzene rings is 1. The van der Waals surface area contributed by atoms with Gasteiger partial charge in [0, 0.05) is 30.9 Å². The molecule has 2 amide bonds. The smallest absolute Gasteiger partial charge is 0.265 e. The van der Waals surface area contributed by atoms with Crippen LogP contribution in [0.1, 0.15) is 16.8 Å². The van der Waals surface area contributed by atoms with Crippen LogP contribution in [0.15, 0.2) is 48.8 Å². The van der Waals surface area contributed by atoms with Gasteiger partial charge in [-0.1, -0.05) is 12.1 Å².